The van der Waals surface area contributed by atoms with E-state index in [0.717, 1.165) is 50.8 Å². The van der Waals surface area contributed by atoms with Gasteiger partial charge in [-0.1, -0.05) is 12.1 Å². The van der Waals surface area contributed by atoms with E-state index in [0.29, 0.717) is 5.75 Å². The molecular formula is C14H19N3O2. The lowest BCUT2D eigenvalue weighted by atomic mass is 10.0. The standard InChI is InChI=1S/C14H19N3O2/c18-12-3-1-2-11(10-12)13(14-15-4-5-16-14)17-6-8-19-9-7-17/h1-3,10,13,18H,4-9H2,(H,15,16). The molecule has 1 atom stereocenters. The minimum atomic E-state index is 0.0958. The maximum absolute atomic E-state index is 9.70. The molecule has 0 aromatic heterocycles. The SMILES string of the molecule is Oc1cccc(C(C2=NCCN2)N2CCOCC2)c1. The fourth-order valence-electron chi connectivity index (χ4n) is 2.67. The van der Waals surface area contributed by atoms with E-state index in [2.05, 4.69) is 15.2 Å². The Morgan fingerprint density at radius 1 is 1.32 bits per heavy atom. The predicted octanol–water partition coefficient (Wildman–Crippen LogP) is 0.767. The van der Waals surface area contributed by atoms with Crippen molar-refractivity contribution in [2.75, 3.05) is 39.4 Å². The molecule has 1 fully saturated rings. The van der Waals surface area contributed by atoms with Crippen molar-refractivity contribution in [1.29, 1.82) is 0 Å². The summed E-state index contributed by atoms with van der Waals surface area (Å²) in [6.45, 7) is 5.01. The Morgan fingerprint density at radius 3 is 2.84 bits per heavy atom. The Morgan fingerprint density at radius 2 is 2.16 bits per heavy atom. The first-order valence-corrected chi connectivity index (χ1v) is 6.73. The van der Waals surface area contributed by atoms with Gasteiger partial charge in [0.25, 0.3) is 0 Å². The van der Waals surface area contributed by atoms with Gasteiger partial charge in [-0.05, 0) is 17.7 Å². The molecule has 1 aromatic carbocycles. The minimum Gasteiger partial charge on any atom is -0.508 e. The molecule has 2 N–H and O–H groups in total. The largest absolute Gasteiger partial charge is 0.508 e. The first-order chi connectivity index (χ1) is 9.34. The first kappa shape index (κ1) is 12.4. The summed E-state index contributed by atoms with van der Waals surface area (Å²) in [5.41, 5.74) is 1.08. The average molecular weight is 261 g/mol. The summed E-state index contributed by atoms with van der Waals surface area (Å²) in [7, 11) is 0. The number of nitrogens with one attached hydrogen (secondary N) is 1. The van der Waals surface area contributed by atoms with Gasteiger partial charge in [-0.15, -0.1) is 0 Å². The molecule has 5 nitrogen and oxygen atoms in total. The topological polar surface area (TPSA) is 57.1 Å². The summed E-state index contributed by atoms with van der Waals surface area (Å²) >= 11 is 0. The van der Waals surface area contributed by atoms with E-state index in [1.165, 1.54) is 0 Å². The zero-order chi connectivity index (χ0) is 13.1. The van der Waals surface area contributed by atoms with Crippen molar-refractivity contribution < 1.29 is 9.84 Å². The maximum Gasteiger partial charge on any atom is 0.119 e. The molecule has 5 heteroatoms. The fraction of sp³-hybridized carbons (Fsp3) is 0.500. The van der Waals surface area contributed by atoms with Gasteiger partial charge >= 0.3 is 0 Å². The smallest absolute Gasteiger partial charge is 0.119 e. The Hall–Kier alpha value is -1.59. The summed E-state index contributed by atoms with van der Waals surface area (Å²) in [4.78, 5) is 6.92. The van der Waals surface area contributed by atoms with Gasteiger partial charge in [0.2, 0.25) is 0 Å². The van der Waals surface area contributed by atoms with E-state index in [9.17, 15) is 5.11 Å². The van der Waals surface area contributed by atoms with Crippen LogP contribution >= 0.6 is 0 Å². The Bertz CT molecular complexity index is 470. The van der Waals surface area contributed by atoms with Crippen molar-refractivity contribution in [2.24, 2.45) is 4.99 Å². The van der Waals surface area contributed by atoms with E-state index >= 15 is 0 Å². The lowest BCUT2D eigenvalue weighted by molar-refractivity contribution is 0.0282. The van der Waals surface area contributed by atoms with Crippen LogP contribution < -0.4 is 5.32 Å². The molecule has 1 unspecified atom stereocenters. The highest BCUT2D eigenvalue weighted by Gasteiger charge is 2.28. The third kappa shape index (κ3) is 2.72. The molecule has 1 saturated heterocycles. The summed E-state index contributed by atoms with van der Waals surface area (Å²) in [6, 6.07) is 7.54. The van der Waals surface area contributed by atoms with Gasteiger partial charge in [0, 0.05) is 19.6 Å². The molecular weight excluding hydrogens is 242 g/mol. The number of rotatable bonds is 3. The van der Waals surface area contributed by atoms with E-state index in [1.807, 2.05) is 18.2 Å². The first-order valence-electron chi connectivity index (χ1n) is 6.73. The van der Waals surface area contributed by atoms with Crippen molar-refractivity contribution in [3.8, 4) is 5.75 Å². The zero-order valence-electron chi connectivity index (χ0n) is 10.9. The van der Waals surface area contributed by atoms with Crippen LogP contribution in [0.15, 0.2) is 29.3 Å². The van der Waals surface area contributed by atoms with E-state index < -0.39 is 0 Å². The van der Waals surface area contributed by atoms with Crippen molar-refractivity contribution in [1.82, 2.24) is 10.2 Å². The second kappa shape index (κ2) is 5.59. The molecule has 102 valence electrons. The van der Waals surface area contributed by atoms with Crippen molar-refractivity contribution in [3.05, 3.63) is 29.8 Å². The predicted molar refractivity (Wildman–Crippen MR) is 73.5 cm³/mol. The molecule has 0 radical (unpaired) electrons. The summed E-state index contributed by atoms with van der Waals surface area (Å²) < 4.78 is 5.42. The average Bonchev–Trinajstić information content (AvgIpc) is 2.94. The number of morpholine rings is 1. The van der Waals surface area contributed by atoms with Gasteiger partial charge in [0.1, 0.15) is 11.6 Å². The summed E-state index contributed by atoms with van der Waals surface area (Å²) in [5.74, 6) is 1.31. The quantitative estimate of drug-likeness (QED) is 0.844. The Balaban J connectivity index is 1.91. The molecule has 19 heavy (non-hydrogen) atoms. The second-order valence-corrected chi connectivity index (χ2v) is 4.84. The Labute approximate surface area is 112 Å². The van der Waals surface area contributed by atoms with Crippen LogP contribution in [0, 0.1) is 0 Å². The molecule has 2 aliphatic heterocycles. The number of hydrogen-bond donors (Lipinski definition) is 2. The number of phenolic OH excluding ortho intramolecular Hbond substituents is 1. The van der Waals surface area contributed by atoms with Crippen LogP contribution in [0.3, 0.4) is 0 Å². The highest BCUT2D eigenvalue weighted by atomic mass is 16.5. The van der Waals surface area contributed by atoms with Gasteiger partial charge in [-0.25, -0.2) is 0 Å². The molecule has 1 aromatic rings. The van der Waals surface area contributed by atoms with Crippen LogP contribution in [0.5, 0.6) is 5.75 Å². The Kier molecular flexibility index (Phi) is 3.66. The van der Waals surface area contributed by atoms with Crippen molar-refractivity contribution in [3.63, 3.8) is 0 Å². The van der Waals surface area contributed by atoms with E-state index in [-0.39, 0.29) is 6.04 Å². The number of aromatic hydroxyl groups is 1. The van der Waals surface area contributed by atoms with Gasteiger partial charge in [0.15, 0.2) is 0 Å². The zero-order valence-corrected chi connectivity index (χ0v) is 10.9. The maximum atomic E-state index is 9.70. The molecule has 0 bridgehead atoms. The van der Waals surface area contributed by atoms with E-state index in [1.54, 1.807) is 6.07 Å². The minimum absolute atomic E-state index is 0.0958. The number of benzene rings is 1. The van der Waals surface area contributed by atoms with Gasteiger partial charge in [0.05, 0.1) is 25.8 Å². The molecule has 0 spiro atoms. The molecule has 2 heterocycles. The molecule has 0 aliphatic carbocycles. The van der Waals surface area contributed by atoms with Gasteiger partial charge in [-0.2, -0.15) is 0 Å². The van der Waals surface area contributed by atoms with Crippen LogP contribution in [-0.2, 0) is 4.74 Å². The number of phenols is 1. The molecule has 0 amide bonds. The lowest BCUT2D eigenvalue weighted by Crippen LogP contribution is -2.44. The molecule has 2 aliphatic rings. The number of hydrogen-bond acceptors (Lipinski definition) is 5. The van der Waals surface area contributed by atoms with Crippen molar-refractivity contribution >= 4 is 5.84 Å². The van der Waals surface area contributed by atoms with Crippen molar-refractivity contribution in [2.45, 2.75) is 6.04 Å². The number of amidine groups is 1. The number of ether oxygens (including phenoxy) is 1. The van der Waals surface area contributed by atoms with Crippen LogP contribution in [0.25, 0.3) is 0 Å². The molecule has 3 rings (SSSR count). The lowest BCUT2D eigenvalue weighted by Gasteiger charge is -2.34. The third-order valence-corrected chi connectivity index (χ3v) is 3.56. The van der Waals surface area contributed by atoms with Crippen LogP contribution in [0.2, 0.25) is 0 Å². The monoisotopic (exact) mass is 261 g/mol. The normalized spacial score (nSPS) is 21.8. The third-order valence-electron chi connectivity index (χ3n) is 3.56. The molecule has 0 saturated carbocycles. The van der Waals surface area contributed by atoms with Gasteiger partial charge < -0.3 is 15.2 Å². The number of nitrogens with zero attached hydrogens (tertiary/aromatic N) is 2. The fourth-order valence-corrected chi connectivity index (χ4v) is 2.67. The van der Waals surface area contributed by atoms with Crippen LogP contribution in [0.1, 0.15) is 11.6 Å². The highest BCUT2D eigenvalue weighted by molar-refractivity contribution is 5.89. The number of aliphatic imine (C=N–C) groups is 1. The van der Waals surface area contributed by atoms with Crippen LogP contribution in [0.4, 0.5) is 0 Å². The van der Waals surface area contributed by atoms with E-state index in [4.69, 9.17) is 4.74 Å². The highest BCUT2D eigenvalue weighted by Crippen LogP contribution is 2.26. The van der Waals surface area contributed by atoms with Crippen LogP contribution in [-0.4, -0.2) is 55.2 Å². The second-order valence-electron chi connectivity index (χ2n) is 4.84. The summed E-state index contributed by atoms with van der Waals surface area (Å²) in [6.07, 6.45) is 0. The van der Waals surface area contributed by atoms with Gasteiger partial charge in [-0.3, -0.25) is 9.89 Å². The summed E-state index contributed by atoms with van der Waals surface area (Å²) in [5, 5.41) is 13.1.